The molecule has 0 aromatic rings. The fourth-order valence-electron chi connectivity index (χ4n) is 13.0. The molecular formula is C42H68O12. The molecule has 0 bridgehead atoms. The van der Waals surface area contributed by atoms with Crippen LogP contribution < -0.4 is 0 Å². The van der Waals surface area contributed by atoms with Gasteiger partial charge in [-0.2, -0.15) is 0 Å². The van der Waals surface area contributed by atoms with Crippen LogP contribution in [0.25, 0.3) is 0 Å². The second-order valence-corrected chi connectivity index (χ2v) is 20.2. The monoisotopic (exact) mass is 764 g/mol. The zero-order chi connectivity index (χ0) is 39.4. The topological polar surface area (TPSA) is 199 Å². The van der Waals surface area contributed by atoms with Crippen molar-refractivity contribution < 1.29 is 59.8 Å². The molecule has 5 aliphatic carbocycles. The van der Waals surface area contributed by atoms with Crippen LogP contribution in [-0.4, -0.2) is 128 Å². The minimum Gasteiger partial charge on any atom is -0.396 e. The van der Waals surface area contributed by atoms with Gasteiger partial charge in [0.15, 0.2) is 12.6 Å². The number of fused-ring (bicyclic) bond motifs is 6. The normalized spacial score (nSPS) is 54.3. The molecule has 2 saturated heterocycles. The lowest BCUT2D eigenvalue weighted by atomic mass is 9.35. The third-order valence-corrected chi connectivity index (χ3v) is 16.8. The van der Waals surface area contributed by atoms with E-state index in [1.807, 2.05) is 0 Å². The number of aliphatic hydroxyl groups excluding tert-OH is 8. The summed E-state index contributed by atoms with van der Waals surface area (Å²) in [4.78, 5) is 0. The van der Waals surface area contributed by atoms with E-state index in [1.54, 1.807) is 6.92 Å². The van der Waals surface area contributed by atoms with Gasteiger partial charge in [-0.25, -0.2) is 0 Å². The standard InChI is InChI=1S/C42H68O12/c1-22-29(46)34(54-35-32(49)31(48)30(47)25(19-43)52-35)33(50)36(51-22)53-28-11-12-38(4)26(39(28,5)20-44)10-13-41(7)27(38)9-8-23-24-18-37(2,3)14-16-42(24,21-45)17-15-40(23,41)6/h8-9,22,25-36,43-50H,10-21H2,1-7H3/t22-,25-,26?,27?,28?,29+,30-,31-,32-,33-,34-,35+,36+,38?,39?,40?,41?,42?/m1/s1. The summed E-state index contributed by atoms with van der Waals surface area (Å²) >= 11 is 0. The first-order valence-electron chi connectivity index (χ1n) is 20.5. The summed E-state index contributed by atoms with van der Waals surface area (Å²) in [5, 5.41) is 85.6. The van der Waals surface area contributed by atoms with E-state index in [2.05, 4.69) is 53.7 Å². The molecule has 5 fully saturated rings. The summed E-state index contributed by atoms with van der Waals surface area (Å²) in [6.45, 7) is 15.2. The first kappa shape index (κ1) is 41.2. The number of aliphatic hydroxyl groups is 8. The van der Waals surface area contributed by atoms with Crippen LogP contribution in [0.15, 0.2) is 23.3 Å². The van der Waals surface area contributed by atoms with E-state index in [4.69, 9.17) is 18.9 Å². The van der Waals surface area contributed by atoms with Crippen LogP contribution in [0.3, 0.4) is 0 Å². The van der Waals surface area contributed by atoms with E-state index >= 15 is 0 Å². The zero-order valence-electron chi connectivity index (χ0n) is 33.4. The third kappa shape index (κ3) is 5.98. The molecule has 12 nitrogen and oxygen atoms in total. The van der Waals surface area contributed by atoms with Crippen LogP contribution in [0.1, 0.15) is 106 Å². The molecule has 0 spiro atoms. The van der Waals surface area contributed by atoms with E-state index in [0.717, 1.165) is 51.4 Å². The number of rotatable bonds is 7. The number of hydrogen-bond acceptors (Lipinski definition) is 12. The average Bonchev–Trinajstić information content (AvgIpc) is 3.13. The quantitative estimate of drug-likeness (QED) is 0.177. The van der Waals surface area contributed by atoms with Gasteiger partial charge >= 0.3 is 0 Å². The highest BCUT2D eigenvalue weighted by atomic mass is 16.7. The van der Waals surface area contributed by atoms with Gasteiger partial charge in [0.25, 0.3) is 0 Å². The number of ether oxygens (including phenoxy) is 4. The summed E-state index contributed by atoms with van der Waals surface area (Å²) in [5.41, 5.74) is 2.11. The fraction of sp³-hybridized carbons (Fsp3) is 0.905. The van der Waals surface area contributed by atoms with Crippen molar-refractivity contribution in [3.05, 3.63) is 23.3 Å². The average molecular weight is 765 g/mol. The van der Waals surface area contributed by atoms with Gasteiger partial charge in [-0.3, -0.25) is 0 Å². The Bertz CT molecular complexity index is 1470. The molecule has 0 aromatic carbocycles. The van der Waals surface area contributed by atoms with Gasteiger partial charge in [0.1, 0.15) is 42.7 Å². The van der Waals surface area contributed by atoms with Crippen LogP contribution in [0.2, 0.25) is 0 Å². The Morgan fingerprint density at radius 3 is 2.07 bits per heavy atom. The molecule has 54 heavy (non-hydrogen) atoms. The van der Waals surface area contributed by atoms with Crippen molar-refractivity contribution in [2.45, 2.75) is 174 Å². The van der Waals surface area contributed by atoms with E-state index in [-0.39, 0.29) is 52.1 Å². The minimum atomic E-state index is -1.71. The summed E-state index contributed by atoms with van der Waals surface area (Å²) in [6, 6.07) is 0. The Labute approximate surface area is 320 Å². The molecular weight excluding hydrogens is 696 g/mol. The Morgan fingerprint density at radius 1 is 0.722 bits per heavy atom. The van der Waals surface area contributed by atoms with E-state index in [0.29, 0.717) is 6.42 Å². The van der Waals surface area contributed by atoms with Crippen LogP contribution in [-0.2, 0) is 18.9 Å². The fourth-order valence-corrected chi connectivity index (χ4v) is 13.0. The maximum absolute atomic E-state index is 11.6. The van der Waals surface area contributed by atoms with Crippen LogP contribution in [0.5, 0.6) is 0 Å². The van der Waals surface area contributed by atoms with Crippen LogP contribution in [0, 0.1) is 44.3 Å². The molecule has 18 atom stereocenters. The first-order chi connectivity index (χ1) is 25.3. The van der Waals surface area contributed by atoms with Gasteiger partial charge in [0, 0.05) is 10.8 Å². The highest BCUT2D eigenvalue weighted by Crippen LogP contribution is 2.74. The van der Waals surface area contributed by atoms with Crippen LogP contribution >= 0.6 is 0 Å². The molecule has 0 amide bonds. The molecule has 3 saturated carbocycles. The van der Waals surface area contributed by atoms with Gasteiger partial charge in [-0.1, -0.05) is 59.3 Å². The van der Waals surface area contributed by atoms with E-state index in [9.17, 15) is 40.9 Å². The summed E-state index contributed by atoms with van der Waals surface area (Å²) in [6.07, 6.45) is -1.17. The van der Waals surface area contributed by atoms with E-state index < -0.39 is 79.5 Å². The minimum absolute atomic E-state index is 0.0220. The maximum atomic E-state index is 11.6. The lowest BCUT2D eigenvalue weighted by Crippen LogP contribution is -2.66. The van der Waals surface area contributed by atoms with Gasteiger partial charge in [-0.15, -0.1) is 0 Å². The third-order valence-electron chi connectivity index (χ3n) is 16.8. The summed E-state index contributed by atoms with van der Waals surface area (Å²) in [7, 11) is 0. The van der Waals surface area contributed by atoms with Crippen molar-refractivity contribution >= 4 is 0 Å². The zero-order valence-corrected chi connectivity index (χ0v) is 33.4. The Balaban J connectivity index is 1.14. The molecule has 308 valence electrons. The predicted molar refractivity (Wildman–Crippen MR) is 197 cm³/mol. The molecule has 2 aliphatic heterocycles. The highest BCUT2D eigenvalue weighted by molar-refractivity contribution is 5.46. The summed E-state index contributed by atoms with van der Waals surface area (Å²) < 4.78 is 24.1. The van der Waals surface area contributed by atoms with Gasteiger partial charge in [0.2, 0.25) is 0 Å². The molecule has 12 heteroatoms. The second kappa shape index (κ2) is 14.1. The SMILES string of the molecule is C[C@H]1O[C@@H](OC2CCC3(C)C(CCC4(C)C3C=CC3=C5CC(C)(C)CCC5(CO)CCC34C)C2(C)CO)[C@H](O)[C@H](O[C@@H]2O[C@H](CO)[C@@H](O)[C@@H](O)[C@H]2O)[C@H]1O. The Kier molecular flexibility index (Phi) is 10.7. The van der Waals surface area contributed by atoms with Gasteiger partial charge in [0.05, 0.1) is 32.0 Å². The molecule has 8 N–H and O–H groups in total. The predicted octanol–water partition coefficient (Wildman–Crippen LogP) is 2.71. The molecule has 2 heterocycles. The Hall–Kier alpha value is -1.00. The first-order valence-corrected chi connectivity index (χ1v) is 20.5. The van der Waals surface area contributed by atoms with Crippen molar-refractivity contribution in [1.29, 1.82) is 0 Å². The molecule has 0 radical (unpaired) electrons. The number of hydrogen-bond donors (Lipinski definition) is 8. The van der Waals surface area contributed by atoms with Crippen molar-refractivity contribution in [2.75, 3.05) is 19.8 Å². The van der Waals surface area contributed by atoms with Crippen molar-refractivity contribution in [3.8, 4) is 0 Å². The van der Waals surface area contributed by atoms with Crippen molar-refractivity contribution in [2.24, 2.45) is 44.3 Å². The van der Waals surface area contributed by atoms with E-state index in [1.165, 1.54) is 11.1 Å². The van der Waals surface area contributed by atoms with Gasteiger partial charge in [-0.05, 0) is 104 Å². The molecule has 0 aromatic heterocycles. The highest BCUT2D eigenvalue weighted by Gasteiger charge is 2.68. The van der Waals surface area contributed by atoms with Gasteiger partial charge < -0.3 is 59.8 Å². The maximum Gasteiger partial charge on any atom is 0.187 e. The molecule has 7 rings (SSSR count). The van der Waals surface area contributed by atoms with Crippen molar-refractivity contribution in [3.63, 3.8) is 0 Å². The van der Waals surface area contributed by atoms with Crippen LogP contribution in [0.4, 0.5) is 0 Å². The smallest absolute Gasteiger partial charge is 0.187 e. The molecule has 8 unspecified atom stereocenters. The summed E-state index contributed by atoms with van der Waals surface area (Å²) in [5.74, 6) is 0.346. The Morgan fingerprint density at radius 2 is 1.41 bits per heavy atom. The number of allylic oxidation sites excluding steroid dienone is 3. The molecule has 7 aliphatic rings. The lowest BCUT2D eigenvalue weighted by molar-refractivity contribution is -0.367. The lowest BCUT2D eigenvalue weighted by Gasteiger charge is -2.70. The largest absolute Gasteiger partial charge is 0.396 e. The second-order valence-electron chi connectivity index (χ2n) is 20.2. The van der Waals surface area contributed by atoms with Crippen molar-refractivity contribution in [1.82, 2.24) is 0 Å².